The van der Waals surface area contributed by atoms with Crippen molar-refractivity contribution >= 4 is 50.3 Å². The summed E-state index contributed by atoms with van der Waals surface area (Å²) in [5.41, 5.74) is 3.68. The van der Waals surface area contributed by atoms with Gasteiger partial charge in [0.2, 0.25) is 0 Å². The number of rotatable bonds is 2. The number of hydrogen-bond donors (Lipinski definition) is 0. The molecule has 0 saturated heterocycles. The number of pyridine rings is 1. The highest BCUT2D eigenvalue weighted by atomic mass is 79.9. The summed E-state index contributed by atoms with van der Waals surface area (Å²) in [7, 11) is 0. The third-order valence-electron chi connectivity index (χ3n) is 3.10. The number of alkyl halides is 1. The van der Waals surface area contributed by atoms with Gasteiger partial charge in [-0.2, -0.15) is 0 Å². The van der Waals surface area contributed by atoms with Gasteiger partial charge in [-0.15, -0.1) is 11.6 Å². The first-order valence-corrected chi connectivity index (χ1v) is 7.66. The number of hydrogen-bond acceptors (Lipinski definition) is 2. The molecule has 6 heteroatoms. The van der Waals surface area contributed by atoms with Crippen LogP contribution in [0.1, 0.15) is 11.4 Å². The van der Waals surface area contributed by atoms with Crippen LogP contribution in [0.4, 0.5) is 0 Å². The molecule has 2 heterocycles. The van der Waals surface area contributed by atoms with E-state index in [1.807, 2.05) is 35.8 Å². The number of fused-ring (bicyclic) bond motifs is 1. The summed E-state index contributed by atoms with van der Waals surface area (Å²) >= 11 is 15.5. The molecule has 0 atom stereocenters. The van der Waals surface area contributed by atoms with Gasteiger partial charge in [-0.25, -0.2) is 9.97 Å². The number of halogens is 3. The van der Waals surface area contributed by atoms with Gasteiger partial charge in [-0.1, -0.05) is 11.6 Å². The molecule has 3 rings (SSSR count). The molecular formula is C14H10BrCl2N3. The molecule has 0 fully saturated rings. The second-order valence-electron chi connectivity index (χ2n) is 4.40. The van der Waals surface area contributed by atoms with E-state index in [9.17, 15) is 0 Å². The zero-order valence-electron chi connectivity index (χ0n) is 10.6. The molecule has 0 saturated carbocycles. The van der Waals surface area contributed by atoms with Gasteiger partial charge < -0.3 is 0 Å². The predicted octanol–water partition coefficient (Wildman–Crippen LogP) is 4.88. The molecule has 0 aliphatic rings. The molecule has 20 heavy (non-hydrogen) atoms. The normalized spacial score (nSPS) is 11.2. The van der Waals surface area contributed by atoms with Gasteiger partial charge in [0.1, 0.15) is 11.3 Å². The third kappa shape index (κ3) is 2.22. The Bertz CT molecular complexity index is 798. The van der Waals surface area contributed by atoms with E-state index in [-0.39, 0.29) is 0 Å². The van der Waals surface area contributed by atoms with Crippen LogP contribution in [-0.2, 0) is 5.88 Å². The monoisotopic (exact) mass is 369 g/mol. The van der Waals surface area contributed by atoms with Crippen LogP contribution in [0.5, 0.6) is 0 Å². The van der Waals surface area contributed by atoms with E-state index in [0.29, 0.717) is 10.9 Å². The maximum absolute atomic E-state index is 6.05. The number of imidazole rings is 1. The molecule has 3 aromatic rings. The van der Waals surface area contributed by atoms with Crippen LogP contribution in [0.15, 0.2) is 34.9 Å². The van der Waals surface area contributed by atoms with Crippen molar-refractivity contribution in [2.24, 2.45) is 0 Å². The fourth-order valence-electron chi connectivity index (χ4n) is 2.12. The minimum Gasteiger partial charge on any atom is -0.280 e. The lowest BCUT2D eigenvalue weighted by atomic mass is 10.2. The fourth-order valence-corrected chi connectivity index (χ4v) is 2.79. The topological polar surface area (TPSA) is 30.7 Å². The SMILES string of the molecule is Cc1ccnc2c1nc(CCl)n2-c1ccc(Cl)c(Br)c1. The van der Waals surface area contributed by atoms with Crippen LogP contribution in [-0.4, -0.2) is 14.5 Å². The molecule has 0 aliphatic heterocycles. The van der Waals surface area contributed by atoms with Crippen LogP contribution in [0.25, 0.3) is 16.9 Å². The molecule has 0 spiro atoms. The van der Waals surface area contributed by atoms with Gasteiger partial charge in [0.15, 0.2) is 5.65 Å². The van der Waals surface area contributed by atoms with Crippen molar-refractivity contribution in [3.05, 3.63) is 51.3 Å². The first kappa shape index (κ1) is 13.9. The summed E-state index contributed by atoms with van der Waals surface area (Å²) in [6.07, 6.45) is 1.78. The average molecular weight is 371 g/mol. The first-order valence-electron chi connectivity index (χ1n) is 5.96. The lowest BCUT2D eigenvalue weighted by Gasteiger charge is -2.08. The highest BCUT2D eigenvalue weighted by molar-refractivity contribution is 9.10. The Kier molecular flexibility index (Phi) is 3.71. The van der Waals surface area contributed by atoms with Crippen molar-refractivity contribution in [3.8, 4) is 5.69 Å². The van der Waals surface area contributed by atoms with Gasteiger partial charge in [0, 0.05) is 10.7 Å². The van der Waals surface area contributed by atoms with E-state index >= 15 is 0 Å². The van der Waals surface area contributed by atoms with E-state index in [0.717, 1.165) is 32.7 Å². The zero-order valence-corrected chi connectivity index (χ0v) is 13.7. The van der Waals surface area contributed by atoms with Crippen molar-refractivity contribution in [1.29, 1.82) is 0 Å². The van der Waals surface area contributed by atoms with E-state index in [2.05, 4.69) is 25.9 Å². The molecule has 2 aromatic heterocycles. The molecule has 102 valence electrons. The molecule has 0 amide bonds. The van der Waals surface area contributed by atoms with Gasteiger partial charge in [0.05, 0.1) is 16.6 Å². The minimum atomic E-state index is 0.316. The molecular weight excluding hydrogens is 361 g/mol. The fraction of sp³-hybridized carbons (Fsp3) is 0.143. The van der Waals surface area contributed by atoms with E-state index in [1.165, 1.54) is 0 Å². The molecule has 3 nitrogen and oxygen atoms in total. The Labute approximate surface area is 134 Å². The Balaban J connectivity index is 2.34. The number of benzene rings is 1. The summed E-state index contributed by atoms with van der Waals surface area (Å²) < 4.78 is 2.78. The summed E-state index contributed by atoms with van der Waals surface area (Å²) in [5, 5.41) is 0.662. The number of aryl methyl sites for hydroxylation is 1. The van der Waals surface area contributed by atoms with Crippen molar-refractivity contribution < 1.29 is 0 Å². The highest BCUT2D eigenvalue weighted by Crippen LogP contribution is 2.28. The van der Waals surface area contributed by atoms with Crippen LogP contribution >= 0.6 is 39.1 Å². The second-order valence-corrected chi connectivity index (χ2v) is 5.92. The van der Waals surface area contributed by atoms with Crippen molar-refractivity contribution in [2.75, 3.05) is 0 Å². The maximum atomic E-state index is 6.05. The lowest BCUT2D eigenvalue weighted by Crippen LogP contribution is -2.00. The largest absolute Gasteiger partial charge is 0.280 e. The quantitative estimate of drug-likeness (QED) is 0.601. The Morgan fingerprint density at radius 3 is 2.80 bits per heavy atom. The summed E-state index contributed by atoms with van der Waals surface area (Å²) in [5.74, 6) is 1.08. The van der Waals surface area contributed by atoms with Gasteiger partial charge >= 0.3 is 0 Å². The number of nitrogens with zero attached hydrogens (tertiary/aromatic N) is 3. The molecule has 1 aromatic carbocycles. The van der Waals surface area contributed by atoms with Gasteiger partial charge in [-0.05, 0) is 52.7 Å². The summed E-state index contributed by atoms with van der Waals surface area (Å²) in [4.78, 5) is 9.01. The van der Waals surface area contributed by atoms with E-state index < -0.39 is 0 Å². The average Bonchev–Trinajstić information content (AvgIpc) is 2.82. The van der Waals surface area contributed by atoms with Crippen LogP contribution in [0.3, 0.4) is 0 Å². The molecule has 0 N–H and O–H groups in total. The number of aromatic nitrogens is 3. The van der Waals surface area contributed by atoms with Crippen LogP contribution in [0, 0.1) is 6.92 Å². The van der Waals surface area contributed by atoms with Crippen molar-refractivity contribution in [1.82, 2.24) is 14.5 Å². The van der Waals surface area contributed by atoms with Gasteiger partial charge in [0.25, 0.3) is 0 Å². The van der Waals surface area contributed by atoms with Crippen LogP contribution < -0.4 is 0 Å². The Hall–Kier alpha value is -1.10. The third-order valence-corrected chi connectivity index (χ3v) is 4.55. The standard InChI is InChI=1S/C14H10BrCl2N3/c1-8-4-5-18-14-13(8)19-12(7-16)20(14)9-2-3-11(17)10(15)6-9/h2-6H,7H2,1H3. The molecule has 0 radical (unpaired) electrons. The molecule has 0 bridgehead atoms. The van der Waals surface area contributed by atoms with Gasteiger partial charge in [-0.3, -0.25) is 4.57 Å². The minimum absolute atomic E-state index is 0.316. The molecule has 0 aliphatic carbocycles. The van der Waals surface area contributed by atoms with Crippen molar-refractivity contribution in [3.63, 3.8) is 0 Å². The maximum Gasteiger partial charge on any atom is 0.164 e. The predicted molar refractivity (Wildman–Crippen MR) is 85.9 cm³/mol. The highest BCUT2D eigenvalue weighted by Gasteiger charge is 2.14. The Morgan fingerprint density at radius 2 is 2.10 bits per heavy atom. The smallest absolute Gasteiger partial charge is 0.164 e. The van der Waals surface area contributed by atoms with Crippen LogP contribution in [0.2, 0.25) is 5.02 Å². The zero-order chi connectivity index (χ0) is 14.3. The second kappa shape index (κ2) is 5.35. The van der Waals surface area contributed by atoms with Crippen molar-refractivity contribution in [2.45, 2.75) is 12.8 Å². The van der Waals surface area contributed by atoms with E-state index in [4.69, 9.17) is 23.2 Å². The first-order chi connectivity index (χ1) is 9.61. The lowest BCUT2D eigenvalue weighted by molar-refractivity contribution is 0.969. The molecule has 0 unspecified atom stereocenters. The Morgan fingerprint density at radius 1 is 1.30 bits per heavy atom. The summed E-state index contributed by atoms with van der Waals surface area (Å²) in [6.45, 7) is 2.01. The van der Waals surface area contributed by atoms with E-state index in [1.54, 1.807) is 6.20 Å². The summed E-state index contributed by atoms with van der Waals surface area (Å²) in [6, 6.07) is 7.63.